The third-order valence-corrected chi connectivity index (χ3v) is 3.84. The quantitative estimate of drug-likeness (QED) is 0.631. The van der Waals surface area contributed by atoms with Crippen molar-refractivity contribution in [1.29, 1.82) is 0 Å². The second kappa shape index (κ2) is 8.91. The van der Waals surface area contributed by atoms with Crippen molar-refractivity contribution in [2.45, 2.75) is 19.4 Å². The largest absolute Gasteiger partial charge is 0.494 e. The number of guanidine groups is 1. The van der Waals surface area contributed by atoms with Crippen LogP contribution in [0.15, 0.2) is 53.5 Å². The van der Waals surface area contributed by atoms with E-state index in [0.717, 1.165) is 12.1 Å². The van der Waals surface area contributed by atoms with Crippen LogP contribution < -0.4 is 15.4 Å². The summed E-state index contributed by atoms with van der Waals surface area (Å²) in [6.45, 7) is 3.41. The van der Waals surface area contributed by atoms with Crippen molar-refractivity contribution < 1.29 is 9.13 Å². The van der Waals surface area contributed by atoms with Gasteiger partial charge in [0.05, 0.1) is 7.11 Å². The van der Waals surface area contributed by atoms with Gasteiger partial charge in [-0.15, -0.1) is 0 Å². The summed E-state index contributed by atoms with van der Waals surface area (Å²) in [4.78, 5) is 4.20. The molecule has 2 rings (SSSR count). The van der Waals surface area contributed by atoms with Crippen molar-refractivity contribution in [2.24, 2.45) is 4.99 Å². The summed E-state index contributed by atoms with van der Waals surface area (Å²) in [6.07, 6.45) is 0. The van der Waals surface area contributed by atoms with E-state index >= 15 is 0 Å². The number of nitrogens with one attached hydrogen (secondary N) is 2. The van der Waals surface area contributed by atoms with Crippen molar-refractivity contribution in [1.82, 2.24) is 10.6 Å². The van der Waals surface area contributed by atoms with Gasteiger partial charge in [0.1, 0.15) is 0 Å². The Labute approximate surface area is 142 Å². The SMILES string of the molecule is CN=C(NCc1ccc(OC)c(F)c1)NCC(C)c1ccccc1. The van der Waals surface area contributed by atoms with Gasteiger partial charge >= 0.3 is 0 Å². The molecule has 0 aromatic heterocycles. The summed E-state index contributed by atoms with van der Waals surface area (Å²) in [5.41, 5.74) is 2.10. The lowest BCUT2D eigenvalue weighted by atomic mass is 10.0. The van der Waals surface area contributed by atoms with E-state index < -0.39 is 0 Å². The monoisotopic (exact) mass is 329 g/mol. The zero-order valence-corrected chi connectivity index (χ0v) is 14.3. The summed E-state index contributed by atoms with van der Waals surface area (Å²) in [7, 11) is 3.17. The molecule has 0 radical (unpaired) electrons. The Morgan fingerprint density at radius 1 is 1.17 bits per heavy atom. The first kappa shape index (κ1) is 17.8. The highest BCUT2D eigenvalue weighted by Gasteiger charge is 2.07. The van der Waals surface area contributed by atoms with Crippen LogP contribution in [0.25, 0.3) is 0 Å². The maximum Gasteiger partial charge on any atom is 0.191 e. The third-order valence-electron chi connectivity index (χ3n) is 3.84. The Morgan fingerprint density at radius 2 is 1.92 bits per heavy atom. The minimum atomic E-state index is -0.363. The van der Waals surface area contributed by atoms with Crippen LogP contribution in [-0.4, -0.2) is 26.7 Å². The number of hydrogen-bond donors (Lipinski definition) is 2. The van der Waals surface area contributed by atoms with E-state index in [9.17, 15) is 4.39 Å². The molecule has 0 bridgehead atoms. The van der Waals surface area contributed by atoms with Crippen molar-refractivity contribution in [3.05, 3.63) is 65.5 Å². The molecule has 0 saturated carbocycles. The molecule has 2 aromatic rings. The molecule has 0 heterocycles. The molecule has 0 amide bonds. The normalized spacial score (nSPS) is 12.6. The number of halogens is 1. The van der Waals surface area contributed by atoms with Crippen LogP contribution >= 0.6 is 0 Å². The standard InChI is InChI=1S/C19H24FN3O/c1-14(16-7-5-4-6-8-16)12-22-19(21-2)23-13-15-9-10-18(24-3)17(20)11-15/h4-11,14H,12-13H2,1-3H3,(H2,21,22,23). The highest BCUT2D eigenvalue weighted by atomic mass is 19.1. The Morgan fingerprint density at radius 3 is 2.54 bits per heavy atom. The topological polar surface area (TPSA) is 45.7 Å². The summed E-state index contributed by atoms with van der Waals surface area (Å²) >= 11 is 0. The lowest BCUT2D eigenvalue weighted by Gasteiger charge is -2.16. The molecule has 0 aliphatic carbocycles. The van der Waals surface area contributed by atoms with Gasteiger partial charge in [-0.25, -0.2) is 4.39 Å². The minimum absolute atomic E-state index is 0.248. The Balaban J connectivity index is 1.85. The fourth-order valence-electron chi connectivity index (χ4n) is 2.38. The highest BCUT2D eigenvalue weighted by Crippen LogP contribution is 2.17. The molecular weight excluding hydrogens is 305 g/mol. The molecule has 1 atom stereocenters. The molecule has 0 spiro atoms. The van der Waals surface area contributed by atoms with E-state index in [0.29, 0.717) is 18.4 Å². The number of methoxy groups -OCH3 is 1. The van der Waals surface area contributed by atoms with Gasteiger partial charge in [-0.1, -0.05) is 43.3 Å². The predicted molar refractivity (Wildman–Crippen MR) is 96.0 cm³/mol. The lowest BCUT2D eigenvalue weighted by Crippen LogP contribution is -2.38. The molecule has 128 valence electrons. The van der Waals surface area contributed by atoms with Gasteiger partial charge in [0.2, 0.25) is 0 Å². The van der Waals surface area contributed by atoms with Crippen molar-refractivity contribution in [3.8, 4) is 5.75 Å². The molecule has 0 aliphatic heterocycles. The second-order valence-electron chi connectivity index (χ2n) is 5.59. The Kier molecular flexibility index (Phi) is 6.61. The van der Waals surface area contributed by atoms with E-state index in [1.165, 1.54) is 18.7 Å². The van der Waals surface area contributed by atoms with Gasteiger partial charge in [0, 0.05) is 20.1 Å². The molecule has 0 fully saturated rings. The average molecular weight is 329 g/mol. The number of aliphatic imine (C=N–C) groups is 1. The van der Waals surface area contributed by atoms with Gasteiger partial charge in [0.15, 0.2) is 17.5 Å². The first-order valence-electron chi connectivity index (χ1n) is 7.96. The van der Waals surface area contributed by atoms with Gasteiger partial charge in [-0.05, 0) is 29.2 Å². The van der Waals surface area contributed by atoms with Gasteiger partial charge in [-0.3, -0.25) is 4.99 Å². The van der Waals surface area contributed by atoms with Crippen LogP contribution in [0.5, 0.6) is 5.75 Å². The average Bonchev–Trinajstić information content (AvgIpc) is 2.62. The number of nitrogens with zero attached hydrogens (tertiary/aromatic N) is 1. The second-order valence-corrected chi connectivity index (χ2v) is 5.59. The fraction of sp³-hybridized carbons (Fsp3) is 0.316. The molecule has 5 heteroatoms. The predicted octanol–water partition coefficient (Wildman–Crippen LogP) is 3.30. The van der Waals surface area contributed by atoms with Gasteiger partial charge < -0.3 is 15.4 Å². The van der Waals surface area contributed by atoms with Crippen LogP contribution in [0, 0.1) is 5.82 Å². The summed E-state index contributed by atoms with van der Waals surface area (Å²) < 4.78 is 18.6. The fourth-order valence-corrected chi connectivity index (χ4v) is 2.38. The zero-order chi connectivity index (χ0) is 17.4. The van der Waals surface area contributed by atoms with Crippen molar-refractivity contribution in [3.63, 3.8) is 0 Å². The van der Waals surface area contributed by atoms with E-state index in [4.69, 9.17) is 4.74 Å². The van der Waals surface area contributed by atoms with Crippen LogP contribution in [0.4, 0.5) is 4.39 Å². The van der Waals surface area contributed by atoms with Gasteiger partial charge in [0.25, 0.3) is 0 Å². The van der Waals surface area contributed by atoms with Crippen molar-refractivity contribution >= 4 is 5.96 Å². The molecule has 24 heavy (non-hydrogen) atoms. The first-order chi connectivity index (χ1) is 11.6. The van der Waals surface area contributed by atoms with Crippen LogP contribution in [-0.2, 0) is 6.54 Å². The summed E-state index contributed by atoms with van der Waals surface area (Å²) in [5.74, 6) is 0.938. The molecule has 0 aliphatic rings. The molecule has 2 N–H and O–H groups in total. The molecule has 4 nitrogen and oxygen atoms in total. The lowest BCUT2D eigenvalue weighted by molar-refractivity contribution is 0.386. The number of hydrogen-bond acceptors (Lipinski definition) is 2. The van der Waals surface area contributed by atoms with Gasteiger partial charge in [-0.2, -0.15) is 0 Å². The molecule has 1 unspecified atom stereocenters. The number of ether oxygens (including phenoxy) is 1. The Bertz CT molecular complexity index is 674. The number of benzene rings is 2. The third kappa shape index (κ3) is 4.98. The van der Waals surface area contributed by atoms with Crippen LogP contribution in [0.3, 0.4) is 0 Å². The first-order valence-corrected chi connectivity index (χ1v) is 7.96. The summed E-state index contributed by atoms with van der Waals surface area (Å²) in [6, 6.07) is 15.2. The summed E-state index contributed by atoms with van der Waals surface area (Å²) in [5, 5.41) is 6.48. The highest BCUT2D eigenvalue weighted by molar-refractivity contribution is 5.79. The zero-order valence-electron chi connectivity index (χ0n) is 14.3. The minimum Gasteiger partial charge on any atom is -0.494 e. The van der Waals surface area contributed by atoms with E-state index in [2.05, 4.69) is 34.7 Å². The van der Waals surface area contributed by atoms with Crippen LogP contribution in [0.2, 0.25) is 0 Å². The molecule has 2 aromatic carbocycles. The van der Waals surface area contributed by atoms with E-state index in [1.54, 1.807) is 13.1 Å². The Hall–Kier alpha value is -2.56. The molecule has 0 saturated heterocycles. The smallest absolute Gasteiger partial charge is 0.191 e. The maximum absolute atomic E-state index is 13.7. The van der Waals surface area contributed by atoms with Crippen LogP contribution in [0.1, 0.15) is 24.0 Å². The maximum atomic E-state index is 13.7. The van der Waals surface area contributed by atoms with E-state index in [1.807, 2.05) is 24.3 Å². The molecular formula is C19H24FN3O. The number of rotatable bonds is 6. The van der Waals surface area contributed by atoms with E-state index in [-0.39, 0.29) is 11.6 Å². The van der Waals surface area contributed by atoms with Crippen molar-refractivity contribution in [2.75, 3.05) is 20.7 Å².